The first-order valence-corrected chi connectivity index (χ1v) is 3.94. The molecule has 0 aliphatic carbocycles. The molecule has 1 aromatic rings. The summed E-state index contributed by atoms with van der Waals surface area (Å²) >= 11 is 0. The molecular formula is C9H13NO3. The van der Waals surface area contributed by atoms with E-state index in [-0.39, 0.29) is 5.97 Å². The van der Waals surface area contributed by atoms with Gasteiger partial charge in [-0.25, -0.2) is 4.79 Å². The van der Waals surface area contributed by atoms with Crippen LogP contribution in [0.4, 0.5) is 0 Å². The number of aromatic amines is 1. The number of hydrogen-bond donors (Lipinski definition) is 1. The Bertz CT molecular complexity index is 304. The fourth-order valence-electron chi connectivity index (χ4n) is 1.22. The van der Waals surface area contributed by atoms with Crippen LogP contribution in [0.25, 0.3) is 0 Å². The molecule has 1 rings (SSSR count). The molecule has 0 bridgehead atoms. The maximum Gasteiger partial charge on any atom is 0.340 e. The molecule has 0 saturated carbocycles. The average Bonchev–Trinajstić information content (AvgIpc) is 2.47. The maximum absolute atomic E-state index is 11.3. The predicted molar refractivity (Wildman–Crippen MR) is 47.6 cm³/mol. The van der Waals surface area contributed by atoms with E-state index in [0.717, 1.165) is 11.3 Å². The lowest BCUT2D eigenvalue weighted by Gasteiger charge is -2.02. The Morgan fingerprint density at radius 3 is 2.77 bits per heavy atom. The highest BCUT2D eigenvalue weighted by atomic mass is 16.5. The van der Waals surface area contributed by atoms with Crippen molar-refractivity contribution < 1.29 is 14.3 Å². The van der Waals surface area contributed by atoms with E-state index in [0.29, 0.717) is 12.2 Å². The largest absolute Gasteiger partial charge is 0.465 e. The zero-order valence-electron chi connectivity index (χ0n) is 8.01. The van der Waals surface area contributed by atoms with Gasteiger partial charge in [-0.2, -0.15) is 0 Å². The molecule has 0 radical (unpaired) electrons. The Labute approximate surface area is 76.9 Å². The van der Waals surface area contributed by atoms with Crippen LogP contribution >= 0.6 is 0 Å². The number of ether oxygens (including phenoxy) is 2. The Kier molecular flexibility index (Phi) is 3.08. The van der Waals surface area contributed by atoms with Crippen LogP contribution < -0.4 is 0 Å². The van der Waals surface area contributed by atoms with Crippen LogP contribution in [-0.4, -0.2) is 25.2 Å². The SMILES string of the molecule is COCc1[nH]cc(C)c1C(=O)OC. The highest BCUT2D eigenvalue weighted by molar-refractivity contribution is 5.92. The summed E-state index contributed by atoms with van der Waals surface area (Å²) in [4.78, 5) is 14.3. The van der Waals surface area contributed by atoms with E-state index in [9.17, 15) is 4.79 Å². The Hall–Kier alpha value is -1.29. The van der Waals surface area contributed by atoms with Gasteiger partial charge in [-0.3, -0.25) is 0 Å². The molecular weight excluding hydrogens is 170 g/mol. The summed E-state index contributed by atoms with van der Waals surface area (Å²) in [5.74, 6) is -0.328. The van der Waals surface area contributed by atoms with Crippen LogP contribution in [0.15, 0.2) is 6.20 Å². The summed E-state index contributed by atoms with van der Waals surface area (Å²) in [6, 6.07) is 0. The molecule has 0 aliphatic rings. The fraction of sp³-hybridized carbons (Fsp3) is 0.444. The number of carbonyl (C=O) groups is 1. The van der Waals surface area contributed by atoms with Crippen molar-refractivity contribution in [1.82, 2.24) is 4.98 Å². The van der Waals surface area contributed by atoms with Gasteiger partial charge >= 0.3 is 5.97 Å². The minimum absolute atomic E-state index is 0.328. The second-order valence-corrected chi connectivity index (χ2v) is 2.75. The maximum atomic E-state index is 11.3. The molecule has 0 aromatic carbocycles. The highest BCUT2D eigenvalue weighted by Crippen LogP contribution is 2.14. The van der Waals surface area contributed by atoms with Crippen LogP contribution in [0.5, 0.6) is 0 Å². The van der Waals surface area contributed by atoms with E-state index in [1.807, 2.05) is 6.92 Å². The topological polar surface area (TPSA) is 51.3 Å². The summed E-state index contributed by atoms with van der Waals surface area (Å²) in [6.07, 6.45) is 1.76. The fourth-order valence-corrected chi connectivity index (χ4v) is 1.22. The highest BCUT2D eigenvalue weighted by Gasteiger charge is 2.15. The van der Waals surface area contributed by atoms with Crippen molar-refractivity contribution in [2.45, 2.75) is 13.5 Å². The second-order valence-electron chi connectivity index (χ2n) is 2.75. The molecule has 0 aliphatic heterocycles. The first kappa shape index (κ1) is 9.80. The van der Waals surface area contributed by atoms with E-state index < -0.39 is 0 Å². The van der Waals surface area contributed by atoms with Crippen LogP contribution in [0, 0.1) is 6.92 Å². The standard InChI is InChI=1S/C9H13NO3/c1-6-4-10-7(5-12-2)8(6)9(11)13-3/h4,10H,5H2,1-3H3. The second kappa shape index (κ2) is 4.09. The van der Waals surface area contributed by atoms with Gasteiger partial charge in [0.25, 0.3) is 0 Å². The molecule has 0 unspecified atom stereocenters. The summed E-state index contributed by atoms with van der Waals surface area (Å²) in [5, 5.41) is 0. The van der Waals surface area contributed by atoms with Crippen LogP contribution in [0.3, 0.4) is 0 Å². The minimum atomic E-state index is -0.328. The van der Waals surface area contributed by atoms with Crippen molar-refractivity contribution in [3.8, 4) is 0 Å². The van der Waals surface area contributed by atoms with Gasteiger partial charge in [-0.05, 0) is 12.5 Å². The lowest BCUT2D eigenvalue weighted by atomic mass is 10.1. The lowest BCUT2D eigenvalue weighted by Crippen LogP contribution is -2.06. The molecule has 72 valence electrons. The zero-order chi connectivity index (χ0) is 9.84. The summed E-state index contributed by atoms with van der Waals surface area (Å²) in [7, 11) is 2.95. The zero-order valence-corrected chi connectivity index (χ0v) is 8.01. The van der Waals surface area contributed by atoms with Crippen LogP contribution in [0.2, 0.25) is 0 Å². The van der Waals surface area contributed by atoms with E-state index in [1.54, 1.807) is 13.3 Å². The molecule has 0 fully saturated rings. The van der Waals surface area contributed by atoms with Crippen LogP contribution in [-0.2, 0) is 16.1 Å². The molecule has 0 atom stereocenters. The number of hydrogen-bond acceptors (Lipinski definition) is 3. The van der Waals surface area contributed by atoms with Gasteiger partial charge in [-0.15, -0.1) is 0 Å². The average molecular weight is 183 g/mol. The van der Waals surface area contributed by atoms with E-state index >= 15 is 0 Å². The molecule has 13 heavy (non-hydrogen) atoms. The van der Waals surface area contributed by atoms with Crippen molar-refractivity contribution >= 4 is 5.97 Å². The molecule has 0 amide bonds. The Morgan fingerprint density at radius 1 is 1.54 bits per heavy atom. The monoisotopic (exact) mass is 183 g/mol. The third-order valence-electron chi connectivity index (χ3n) is 1.84. The molecule has 0 spiro atoms. The van der Waals surface area contributed by atoms with E-state index in [1.165, 1.54) is 7.11 Å². The number of nitrogens with one attached hydrogen (secondary N) is 1. The third kappa shape index (κ3) is 1.89. The Morgan fingerprint density at radius 2 is 2.23 bits per heavy atom. The summed E-state index contributed by atoms with van der Waals surface area (Å²) < 4.78 is 9.59. The van der Waals surface area contributed by atoms with E-state index in [4.69, 9.17) is 4.74 Å². The normalized spacial score (nSPS) is 10.1. The van der Waals surface area contributed by atoms with Crippen molar-refractivity contribution in [3.05, 3.63) is 23.0 Å². The predicted octanol–water partition coefficient (Wildman–Crippen LogP) is 1.26. The number of rotatable bonds is 3. The van der Waals surface area contributed by atoms with Gasteiger partial charge in [0.2, 0.25) is 0 Å². The lowest BCUT2D eigenvalue weighted by molar-refractivity contribution is 0.0595. The molecule has 1 heterocycles. The van der Waals surface area contributed by atoms with Crippen molar-refractivity contribution in [2.24, 2.45) is 0 Å². The van der Waals surface area contributed by atoms with Gasteiger partial charge in [-0.1, -0.05) is 0 Å². The minimum Gasteiger partial charge on any atom is -0.465 e. The molecule has 0 saturated heterocycles. The van der Waals surface area contributed by atoms with Crippen molar-refractivity contribution in [1.29, 1.82) is 0 Å². The molecule has 1 aromatic heterocycles. The first-order valence-electron chi connectivity index (χ1n) is 3.94. The van der Waals surface area contributed by atoms with Gasteiger partial charge in [0.1, 0.15) is 0 Å². The summed E-state index contributed by atoms with van der Waals surface area (Å²) in [6.45, 7) is 2.24. The number of esters is 1. The number of aromatic nitrogens is 1. The number of methoxy groups -OCH3 is 2. The van der Waals surface area contributed by atoms with Gasteiger partial charge < -0.3 is 14.5 Å². The first-order chi connectivity index (χ1) is 6.20. The van der Waals surface area contributed by atoms with Crippen LogP contribution in [0.1, 0.15) is 21.6 Å². The van der Waals surface area contributed by atoms with E-state index in [2.05, 4.69) is 9.72 Å². The van der Waals surface area contributed by atoms with Gasteiger partial charge in [0, 0.05) is 13.3 Å². The quantitative estimate of drug-likeness (QED) is 0.717. The molecule has 4 nitrogen and oxygen atoms in total. The summed E-state index contributed by atoms with van der Waals surface area (Å²) in [5.41, 5.74) is 2.20. The number of H-pyrrole nitrogens is 1. The van der Waals surface area contributed by atoms with Crippen molar-refractivity contribution in [2.75, 3.05) is 14.2 Å². The Balaban J connectivity index is 3.01. The molecule has 4 heteroatoms. The number of carbonyl (C=O) groups excluding carboxylic acids is 1. The van der Waals surface area contributed by atoms with Gasteiger partial charge in [0.15, 0.2) is 0 Å². The smallest absolute Gasteiger partial charge is 0.340 e. The number of aryl methyl sites for hydroxylation is 1. The van der Waals surface area contributed by atoms with Gasteiger partial charge in [0.05, 0.1) is 25.0 Å². The van der Waals surface area contributed by atoms with Crippen molar-refractivity contribution in [3.63, 3.8) is 0 Å². The molecule has 1 N–H and O–H groups in total. The third-order valence-corrected chi connectivity index (χ3v) is 1.84.